The topological polar surface area (TPSA) is 39.4 Å². The molecule has 0 bridgehead atoms. The third-order valence-corrected chi connectivity index (χ3v) is 2.11. The Bertz CT molecular complexity index is 487. The third kappa shape index (κ3) is 1.36. The van der Waals surface area contributed by atoms with Crippen LogP contribution in [0.1, 0.15) is 10.6 Å². The Labute approximate surface area is 85.2 Å². The number of furan rings is 1. The van der Waals surface area contributed by atoms with Crippen LogP contribution in [0.5, 0.6) is 5.75 Å². The van der Waals surface area contributed by atoms with Gasteiger partial charge in [0, 0.05) is 5.39 Å². The molecule has 0 N–H and O–H groups in total. The molecule has 1 aromatic heterocycles. The second-order valence-electron chi connectivity index (χ2n) is 2.76. The largest absolute Gasteiger partial charge is 0.493 e. The molecule has 3 nitrogen and oxygen atoms in total. The van der Waals surface area contributed by atoms with Crippen LogP contribution in [0.25, 0.3) is 11.0 Å². The summed E-state index contributed by atoms with van der Waals surface area (Å²) in [7, 11) is 1.54. The molecule has 0 radical (unpaired) electrons. The summed E-state index contributed by atoms with van der Waals surface area (Å²) < 4.78 is 10.3. The van der Waals surface area contributed by atoms with Gasteiger partial charge in [-0.25, -0.2) is 0 Å². The second kappa shape index (κ2) is 3.35. The molecule has 14 heavy (non-hydrogen) atoms. The molecule has 2 rings (SSSR count). The molecule has 1 heterocycles. The number of hydrogen-bond acceptors (Lipinski definition) is 3. The smallest absolute Gasteiger partial charge is 0.287 e. The molecular formula is C10H7ClO3. The van der Waals surface area contributed by atoms with Crippen molar-refractivity contribution in [3.8, 4) is 5.75 Å². The van der Waals surface area contributed by atoms with Crippen molar-refractivity contribution in [2.24, 2.45) is 0 Å². The summed E-state index contributed by atoms with van der Waals surface area (Å²) in [6.07, 6.45) is 0. The Hall–Kier alpha value is -1.48. The van der Waals surface area contributed by atoms with E-state index in [-0.39, 0.29) is 5.76 Å². The fourth-order valence-electron chi connectivity index (χ4n) is 1.29. The first kappa shape index (κ1) is 9.09. The van der Waals surface area contributed by atoms with Crippen LogP contribution in [0, 0.1) is 0 Å². The van der Waals surface area contributed by atoms with Gasteiger partial charge in [0.15, 0.2) is 17.1 Å². The first-order valence-corrected chi connectivity index (χ1v) is 4.36. The maximum absolute atomic E-state index is 10.8. The van der Waals surface area contributed by atoms with Crippen molar-refractivity contribution in [2.75, 3.05) is 7.11 Å². The maximum atomic E-state index is 10.8. The molecule has 0 aliphatic heterocycles. The summed E-state index contributed by atoms with van der Waals surface area (Å²) in [6, 6.07) is 6.99. The van der Waals surface area contributed by atoms with Crippen LogP contribution in [0.3, 0.4) is 0 Å². The molecule has 0 fully saturated rings. The van der Waals surface area contributed by atoms with Crippen LogP contribution in [-0.2, 0) is 0 Å². The highest BCUT2D eigenvalue weighted by Gasteiger charge is 2.12. The number of halogens is 1. The molecule has 0 aliphatic rings. The van der Waals surface area contributed by atoms with Crippen LogP contribution < -0.4 is 4.74 Å². The molecule has 1 aromatic carbocycles. The van der Waals surface area contributed by atoms with E-state index >= 15 is 0 Å². The van der Waals surface area contributed by atoms with Crippen LogP contribution in [0.4, 0.5) is 0 Å². The lowest BCUT2D eigenvalue weighted by Gasteiger charge is -1.98. The number of para-hydroxylation sites is 1. The van der Waals surface area contributed by atoms with Gasteiger partial charge in [0.1, 0.15) is 0 Å². The van der Waals surface area contributed by atoms with Crippen molar-refractivity contribution in [1.82, 2.24) is 0 Å². The highest BCUT2D eigenvalue weighted by atomic mass is 35.5. The Balaban J connectivity index is 2.70. The number of methoxy groups -OCH3 is 1. The number of rotatable bonds is 2. The summed E-state index contributed by atoms with van der Waals surface area (Å²) in [5.74, 6) is 0.720. The van der Waals surface area contributed by atoms with Crippen molar-refractivity contribution in [1.29, 1.82) is 0 Å². The Morgan fingerprint density at radius 3 is 2.93 bits per heavy atom. The minimum atomic E-state index is -0.608. The molecule has 2 aromatic rings. The monoisotopic (exact) mass is 210 g/mol. The Kier molecular flexibility index (Phi) is 2.17. The molecule has 0 saturated carbocycles. The van der Waals surface area contributed by atoms with Gasteiger partial charge >= 0.3 is 0 Å². The third-order valence-electron chi connectivity index (χ3n) is 1.92. The van der Waals surface area contributed by atoms with Gasteiger partial charge in [-0.2, -0.15) is 0 Å². The molecule has 0 atom stereocenters. The standard InChI is InChI=1S/C10H7ClO3/c1-13-7-4-2-3-6-5-8(10(11)12)14-9(6)7/h2-5H,1H3. The van der Waals surface area contributed by atoms with E-state index in [0.717, 1.165) is 5.39 Å². The molecule has 0 amide bonds. The van der Waals surface area contributed by atoms with Gasteiger partial charge in [-0.1, -0.05) is 12.1 Å². The second-order valence-corrected chi connectivity index (χ2v) is 3.11. The molecule has 0 aliphatic carbocycles. The fraction of sp³-hybridized carbons (Fsp3) is 0.100. The predicted molar refractivity (Wildman–Crippen MR) is 52.9 cm³/mol. The van der Waals surface area contributed by atoms with Gasteiger partial charge in [0.05, 0.1) is 7.11 Å². The minimum Gasteiger partial charge on any atom is -0.493 e. The quantitative estimate of drug-likeness (QED) is 0.716. The van der Waals surface area contributed by atoms with Crippen molar-refractivity contribution < 1.29 is 13.9 Å². The first-order chi connectivity index (χ1) is 6.72. The molecule has 72 valence electrons. The highest BCUT2D eigenvalue weighted by molar-refractivity contribution is 6.67. The number of carbonyl (C=O) groups is 1. The van der Waals surface area contributed by atoms with Gasteiger partial charge < -0.3 is 9.15 Å². The van der Waals surface area contributed by atoms with Crippen molar-refractivity contribution >= 4 is 27.8 Å². The number of benzene rings is 1. The molecule has 0 unspecified atom stereocenters. The average Bonchev–Trinajstić information content (AvgIpc) is 2.60. The molecule has 0 saturated heterocycles. The lowest BCUT2D eigenvalue weighted by Crippen LogP contribution is -1.82. The van der Waals surface area contributed by atoms with Gasteiger partial charge in [0.2, 0.25) is 0 Å². The summed E-state index contributed by atoms with van der Waals surface area (Å²) in [4.78, 5) is 10.8. The molecule has 0 spiro atoms. The van der Waals surface area contributed by atoms with Crippen molar-refractivity contribution in [3.63, 3.8) is 0 Å². The predicted octanol–water partition coefficient (Wildman–Crippen LogP) is 2.82. The summed E-state index contributed by atoms with van der Waals surface area (Å²) >= 11 is 5.30. The zero-order valence-corrected chi connectivity index (χ0v) is 8.17. The van der Waals surface area contributed by atoms with Crippen LogP contribution >= 0.6 is 11.6 Å². The number of fused-ring (bicyclic) bond motifs is 1. The number of hydrogen-bond donors (Lipinski definition) is 0. The van der Waals surface area contributed by atoms with Gasteiger partial charge in [-0.15, -0.1) is 0 Å². The van der Waals surface area contributed by atoms with Gasteiger partial charge in [-0.3, -0.25) is 4.79 Å². The van der Waals surface area contributed by atoms with Crippen molar-refractivity contribution in [2.45, 2.75) is 0 Å². The van der Waals surface area contributed by atoms with E-state index in [4.69, 9.17) is 20.8 Å². The summed E-state index contributed by atoms with van der Waals surface area (Å²) in [5.41, 5.74) is 0.541. The Morgan fingerprint density at radius 1 is 1.50 bits per heavy atom. The van der Waals surface area contributed by atoms with Gasteiger partial charge in [-0.05, 0) is 23.7 Å². The van der Waals surface area contributed by atoms with E-state index in [1.54, 1.807) is 19.2 Å². The van der Waals surface area contributed by atoms with Gasteiger partial charge in [0.25, 0.3) is 5.24 Å². The SMILES string of the molecule is COc1cccc2cc(C(=O)Cl)oc12. The van der Waals surface area contributed by atoms with E-state index in [0.29, 0.717) is 11.3 Å². The minimum absolute atomic E-state index is 0.131. The average molecular weight is 211 g/mol. The lowest BCUT2D eigenvalue weighted by atomic mass is 10.2. The summed E-state index contributed by atoms with van der Waals surface area (Å²) in [5, 5.41) is 0.191. The van der Waals surface area contributed by atoms with Crippen LogP contribution in [-0.4, -0.2) is 12.4 Å². The highest BCUT2D eigenvalue weighted by Crippen LogP contribution is 2.28. The van der Waals surface area contributed by atoms with E-state index in [1.807, 2.05) is 12.1 Å². The maximum Gasteiger partial charge on any atom is 0.287 e. The van der Waals surface area contributed by atoms with Crippen LogP contribution in [0.2, 0.25) is 0 Å². The fourth-order valence-corrected chi connectivity index (χ4v) is 1.39. The van der Waals surface area contributed by atoms with E-state index in [1.165, 1.54) is 0 Å². The zero-order chi connectivity index (χ0) is 10.1. The van der Waals surface area contributed by atoms with E-state index in [2.05, 4.69) is 0 Å². The summed E-state index contributed by atoms with van der Waals surface area (Å²) in [6.45, 7) is 0. The van der Waals surface area contributed by atoms with Crippen molar-refractivity contribution in [3.05, 3.63) is 30.0 Å². The zero-order valence-electron chi connectivity index (χ0n) is 7.41. The molecule has 4 heteroatoms. The molecular weight excluding hydrogens is 204 g/mol. The number of carbonyl (C=O) groups excluding carboxylic acids is 1. The van der Waals surface area contributed by atoms with Crippen LogP contribution in [0.15, 0.2) is 28.7 Å². The lowest BCUT2D eigenvalue weighted by molar-refractivity contribution is 0.105. The Morgan fingerprint density at radius 2 is 2.29 bits per heavy atom. The van der Waals surface area contributed by atoms with E-state index in [9.17, 15) is 4.79 Å². The first-order valence-electron chi connectivity index (χ1n) is 3.99. The normalized spacial score (nSPS) is 10.4. The number of ether oxygens (including phenoxy) is 1. The van der Waals surface area contributed by atoms with E-state index < -0.39 is 5.24 Å².